The Labute approximate surface area is 192 Å². The third kappa shape index (κ3) is 3.28. The highest BCUT2D eigenvalue weighted by molar-refractivity contribution is 5.87. The number of hydrogen-bond acceptors (Lipinski definition) is 5. The maximum absolute atomic E-state index is 13.2. The summed E-state index contributed by atoms with van der Waals surface area (Å²) >= 11 is 0. The number of hydrogen-bond donors (Lipinski definition) is 0. The molecule has 0 aromatic rings. The first-order chi connectivity index (χ1) is 14.9. The minimum atomic E-state index is -0.606. The lowest BCUT2D eigenvalue weighted by Crippen LogP contribution is -2.62. The molecular formula is C27H40O5. The van der Waals surface area contributed by atoms with Gasteiger partial charge in [0.2, 0.25) is 0 Å². The van der Waals surface area contributed by atoms with E-state index in [1.54, 1.807) is 6.92 Å². The molecule has 6 aliphatic carbocycles. The van der Waals surface area contributed by atoms with Crippen LogP contribution in [-0.2, 0) is 23.8 Å². The van der Waals surface area contributed by atoms with Gasteiger partial charge in [-0.15, -0.1) is 0 Å². The zero-order valence-corrected chi connectivity index (χ0v) is 20.5. The molecule has 178 valence electrons. The highest BCUT2D eigenvalue weighted by Gasteiger charge is 2.64. The second-order valence-corrected chi connectivity index (χ2v) is 12.8. The molecule has 0 radical (unpaired) electrons. The topological polar surface area (TPSA) is 61.8 Å². The second-order valence-electron chi connectivity index (χ2n) is 12.8. The number of carbonyl (C=O) groups excluding carboxylic acids is 2. The van der Waals surface area contributed by atoms with Crippen LogP contribution in [0.15, 0.2) is 12.2 Å². The van der Waals surface area contributed by atoms with E-state index in [1.165, 1.54) is 12.8 Å². The summed E-state index contributed by atoms with van der Waals surface area (Å²) in [6.07, 6.45) is 8.27. The zero-order chi connectivity index (χ0) is 23.1. The van der Waals surface area contributed by atoms with E-state index in [4.69, 9.17) is 14.2 Å². The molecule has 6 saturated carbocycles. The zero-order valence-electron chi connectivity index (χ0n) is 20.5. The molecule has 5 nitrogen and oxygen atoms in total. The Morgan fingerprint density at radius 2 is 1.62 bits per heavy atom. The number of fused-ring (bicyclic) bond motifs is 2. The summed E-state index contributed by atoms with van der Waals surface area (Å²) in [5.74, 6) is 1.07. The van der Waals surface area contributed by atoms with Crippen LogP contribution in [0.5, 0.6) is 0 Å². The lowest BCUT2D eigenvalue weighted by molar-refractivity contribution is -0.246. The molecule has 0 aromatic carbocycles. The Morgan fingerprint density at radius 1 is 1.00 bits per heavy atom. The van der Waals surface area contributed by atoms with Crippen molar-refractivity contribution in [2.24, 2.45) is 28.6 Å². The maximum Gasteiger partial charge on any atom is 0.335 e. The summed E-state index contributed by atoms with van der Waals surface area (Å²) < 4.78 is 18.7. The predicted molar refractivity (Wildman–Crippen MR) is 121 cm³/mol. The molecule has 0 aliphatic heterocycles. The van der Waals surface area contributed by atoms with Gasteiger partial charge in [-0.2, -0.15) is 0 Å². The van der Waals surface area contributed by atoms with Crippen LogP contribution in [0.1, 0.15) is 92.4 Å². The molecule has 5 heteroatoms. The van der Waals surface area contributed by atoms with Gasteiger partial charge in [0.1, 0.15) is 11.7 Å². The third-order valence-electron chi connectivity index (χ3n) is 10.3. The molecule has 6 fully saturated rings. The van der Waals surface area contributed by atoms with E-state index in [9.17, 15) is 9.59 Å². The molecule has 6 rings (SSSR count). The summed E-state index contributed by atoms with van der Waals surface area (Å²) in [5.41, 5.74) is -0.160. The molecule has 6 aliphatic rings. The quantitative estimate of drug-likeness (QED) is 0.408. The number of carbonyl (C=O) groups is 2. The van der Waals surface area contributed by atoms with Crippen LogP contribution in [-0.4, -0.2) is 35.3 Å². The third-order valence-corrected chi connectivity index (χ3v) is 10.3. The van der Waals surface area contributed by atoms with Gasteiger partial charge in [-0.05, 0) is 88.4 Å². The summed E-state index contributed by atoms with van der Waals surface area (Å²) in [6, 6.07) is 0. The van der Waals surface area contributed by atoms with E-state index in [2.05, 4.69) is 27.4 Å². The van der Waals surface area contributed by atoms with Crippen molar-refractivity contribution in [3.8, 4) is 0 Å². The lowest BCUT2D eigenvalue weighted by atomic mass is 9.52. The summed E-state index contributed by atoms with van der Waals surface area (Å²) in [6.45, 7) is 14.3. The Balaban J connectivity index is 1.27. The monoisotopic (exact) mass is 444 g/mol. The number of esters is 2. The van der Waals surface area contributed by atoms with Crippen LogP contribution >= 0.6 is 0 Å². The fourth-order valence-electron chi connectivity index (χ4n) is 8.60. The van der Waals surface area contributed by atoms with Crippen LogP contribution in [0.2, 0.25) is 0 Å². The standard InChI is InChI=1S/C27H40O5/c1-16(2)22(28)32-27-13-18-9-19(14-27)12-26(11-18,15-27)31-17(3)23(29)30-21-10-20-7-8-25(21,6)24(20,4)5/h17-21H,1,7-15H2,2-6H3. The van der Waals surface area contributed by atoms with E-state index in [1.807, 2.05) is 6.92 Å². The van der Waals surface area contributed by atoms with E-state index in [0.717, 1.165) is 38.5 Å². The highest BCUT2D eigenvalue weighted by atomic mass is 16.6. The molecule has 32 heavy (non-hydrogen) atoms. The van der Waals surface area contributed by atoms with E-state index >= 15 is 0 Å². The van der Waals surface area contributed by atoms with Crippen LogP contribution in [0.25, 0.3) is 0 Å². The van der Waals surface area contributed by atoms with Gasteiger partial charge in [0.25, 0.3) is 0 Å². The molecule has 6 atom stereocenters. The van der Waals surface area contributed by atoms with Crippen molar-refractivity contribution in [1.82, 2.24) is 0 Å². The normalized spacial score (nSPS) is 46.2. The molecular weight excluding hydrogens is 404 g/mol. The van der Waals surface area contributed by atoms with Gasteiger partial charge in [-0.3, -0.25) is 0 Å². The molecule has 0 aromatic heterocycles. The Bertz CT molecular complexity index is 829. The summed E-state index contributed by atoms with van der Waals surface area (Å²) in [4.78, 5) is 25.5. The van der Waals surface area contributed by atoms with Crippen molar-refractivity contribution in [3.05, 3.63) is 12.2 Å². The Kier molecular flexibility index (Phi) is 4.96. The molecule has 0 N–H and O–H groups in total. The molecule has 0 saturated heterocycles. The predicted octanol–water partition coefficient (Wildman–Crippen LogP) is 5.36. The van der Waals surface area contributed by atoms with Gasteiger partial charge in [0.15, 0.2) is 6.10 Å². The highest BCUT2D eigenvalue weighted by Crippen LogP contribution is 2.66. The van der Waals surface area contributed by atoms with Crippen molar-refractivity contribution in [2.45, 2.75) is 116 Å². The summed E-state index contributed by atoms with van der Waals surface area (Å²) in [7, 11) is 0. The number of rotatable bonds is 6. The lowest BCUT2D eigenvalue weighted by Gasteiger charge is -2.61. The largest absolute Gasteiger partial charge is 0.460 e. The van der Waals surface area contributed by atoms with Crippen molar-refractivity contribution < 1.29 is 23.8 Å². The van der Waals surface area contributed by atoms with Gasteiger partial charge < -0.3 is 14.2 Å². The van der Waals surface area contributed by atoms with E-state index in [-0.39, 0.29) is 28.9 Å². The van der Waals surface area contributed by atoms with Gasteiger partial charge in [-0.1, -0.05) is 27.4 Å². The van der Waals surface area contributed by atoms with Crippen molar-refractivity contribution >= 4 is 11.9 Å². The first-order valence-electron chi connectivity index (χ1n) is 12.6. The molecule has 6 unspecified atom stereocenters. The Hall–Kier alpha value is -1.36. The van der Waals surface area contributed by atoms with E-state index in [0.29, 0.717) is 29.7 Å². The molecule has 0 spiro atoms. The van der Waals surface area contributed by atoms with Crippen LogP contribution in [0.3, 0.4) is 0 Å². The summed E-state index contributed by atoms with van der Waals surface area (Å²) in [5, 5.41) is 0. The van der Waals surface area contributed by atoms with Crippen molar-refractivity contribution in [2.75, 3.05) is 0 Å². The minimum Gasteiger partial charge on any atom is -0.460 e. The Morgan fingerprint density at radius 3 is 2.16 bits per heavy atom. The molecule has 6 bridgehead atoms. The minimum absolute atomic E-state index is 0.0194. The van der Waals surface area contributed by atoms with Crippen LogP contribution in [0, 0.1) is 28.6 Å². The smallest absolute Gasteiger partial charge is 0.335 e. The fraction of sp³-hybridized carbons (Fsp3) is 0.852. The fourth-order valence-corrected chi connectivity index (χ4v) is 8.60. The SMILES string of the molecule is C=C(C)C(=O)OC12CC3CC(C1)CC(OC(C)C(=O)OC1CC4CCC1(C)C4(C)C)(C3)C2. The van der Waals surface area contributed by atoms with Gasteiger partial charge >= 0.3 is 11.9 Å². The first-order valence-corrected chi connectivity index (χ1v) is 12.6. The van der Waals surface area contributed by atoms with Gasteiger partial charge in [0, 0.05) is 17.4 Å². The van der Waals surface area contributed by atoms with Gasteiger partial charge in [-0.25, -0.2) is 9.59 Å². The number of ether oxygens (including phenoxy) is 3. The average molecular weight is 445 g/mol. The van der Waals surface area contributed by atoms with Crippen molar-refractivity contribution in [1.29, 1.82) is 0 Å². The first kappa shape index (κ1) is 22.4. The van der Waals surface area contributed by atoms with Gasteiger partial charge in [0.05, 0.1) is 5.60 Å². The maximum atomic E-state index is 13.2. The molecule has 0 amide bonds. The average Bonchev–Trinajstić information content (AvgIpc) is 2.99. The van der Waals surface area contributed by atoms with E-state index < -0.39 is 17.3 Å². The second kappa shape index (κ2) is 7.07. The van der Waals surface area contributed by atoms with Crippen molar-refractivity contribution in [3.63, 3.8) is 0 Å². The molecule has 0 heterocycles. The van der Waals surface area contributed by atoms with Crippen LogP contribution < -0.4 is 0 Å². The van der Waals surface area contributed by atoms with Crippen LogP contribution in [0.4, 0.5) is 0 Å².